The maximum atomic E-state index is 11.9. The third-order valence-electron chi connectivity index (χ3n) is 2.45. The van der Waals surface area contributed by atoms with E-state index in [1.165, 1.54) is 6.20 Å². The lowest BCUT2D eigenvalue weighted by Crippen LogP contribution is -2.08. The number of carbonyl (C=O) groups is 1. The zero-order valence-corrected chi connectivity index (χ0v) is 9.33. The van der Waals surface area contributed by atoms with E-state index in [0.29, 0.717) is 22.8 Å². The van der Waals surface area contributed by atoms with E-state index in [2.05, 4.69) is 4.98 Å². The van der Waals surface area contributed by atoms with E-state index in [1.807, 2.05) is 0 Å². The molecule has 0 bridgehead atoms. The quantitative estimate of drug-likeness (QED) is 0.755. The van der Waals surface area contributed by atoms with Crippen LogP contribution in [0.3, 0.4) is 0 Å². The summed E-state index contributed by atoms with van der Waals surface area (Å²) in [7, 11) is 0. The maximum absolute atomic E-state index is 11.9. The van der Waals surface area contributed by atoms with Crippen LogP contribution in [0.5, 0.6) is 17.2 Å². The highest BCUT2D eigenvalue weighted by atomic mass is 16.7. The fourth-order valence-corrected chi connectivity index (χ4v) is 1.60. The number of hydrogen-bond acceptors (Lipinski definition) is 5. The molecule has 5 nitrogen and oxygen atoms in total. The van der Waals surface area contributed by atoms with Crippen molar-refractivity contribution in [2.24, 2.45) is 0 Å². The fraction of sp³-hybridized carbons (Fsp3) is 0.0769. The molecular formula is C13H9NO4. The molecule has 2 heterocycles. The number of esters is 1. The Hall–Kier alpha value is -2.56. The van der Waals surface area contributed by atoms with Gasteiger partial charge in [-0.2, -0.15) is 0 Å². The Morgan fingerprint density at radius 3 is 2.94 bits per heavy atom. The predicted octanol–water partition coefficient (Wildman–Crippen LogP) is 2.03. The van der Waals surface area contributed by atoms with E-state index < -0.39 is 5.97 Å². The first-order valence-corrected chi connectivity index (χ1v) is 5.35. The summed E-state index contributed by atoms with van der Waals surface area (Å²) in [5, 5.41) is 0. The number of pyridine rings is 1. The Kier molecular flexibility index (Phi) is 2.57. The van der Waals surface area contributed by atoms with E-state index in [1.54, 1.807) is 36.5 Å². The van der Waals surface area contributed by atoms with Crippen LogP contribution in [0.2, 0.25) is 0 Å². The molecule has 0 unspecified atom stereocenters. The average molecular weight is 243 g/mol. The van der Waals surface area contributed by atoms with E-state index >= 15 is 0 Å². The first kappa shape index (κ1) is 10.6. The van der Waals surface area contributed by atoms with Crippen LogP contribution in [0, 0.1) is 0 Å². The van der Waals surface area contributed by atoms with Crippen molar-refractivity contribution in [2.75, 3.05) is 6.79 Å². The van der Waals surface area contributed by atoms with Crippen LogP contribution >= 0.6 is 0 Å². The third kappa shape index (κ3) is 1.98. The van der Waals surface area contributed by atoms with Crippen molar-refractivity contribution in [1.29, 1.82) is 0 Å². The second-order valence-corrected chi connectivity index (χ2v) is 3.65. The van der Waals surface area contributed by atoms with Gasteiger partial charge in [-0.3, -0.25) is 4.98 Å². The minimum atomic E-state index is -0.457. The van der Waals surface area contributed by atoms with Gasteiger partial charge in [0.25, 0.3) is 0 Å². The van der Waals surface area contributed by atoms with Crippen molar-refractivity contribution in [2.45, 2.75) is 0 Å². The van der Waals surface area contributed by atoms with Gasteiger partial charge in [0.15, 0.2) is 11.5 Å². The van der Waals surface area contributed by atoms with Crippen molar-refractivity contribution in [1.82, 2.24) is 4.98 Å². The van der Waals surface area contributed by atoms with Crippen molar-refractivity contribution < 1.29 is 19.0 Å². The number of carbonyl (C=O) groups excluding carboxylic acids is 1. The predicted molar refractivity (Wildman–Crippen MR) is 61.8 cm³/mol. The molecule has 0 N–H and O–H groups in total. The summed E-state index contributed by atoms with van der Waals surface area (Å²) in [5.74, 6) is 1.13. The smallest absolute Gasteiger partial charge is 0.343 e. The highest BCUT2D eigenvalue weighted by molar-refractivity contribution is 5.91. The summed E-state index contributed by atoms with van der Waals surface area (Å²) in [6.07, 6.45) is 3.09. The standard InChI is InChI=1S/C13H9NO4/c15-13(18-10-2-1-5-14-7-10)9-3-4-11-12(6-9)17-8-16-11/h1-7H,8H2. The number of aromatic nitrogens is 1. The zero-order chi connectivity index (χ0) is 12.4. The van der Waals surface area contributed by atoms with Gasteiger partial charge in [0, 0.05) is 6.20 Å². The van der Waals surface area contributed by atoms with Gasteiger partial charge in [0.1, 0.15) is 5.75 Å². The van der Waals surface area contributed by atoms with E-state index in [-0.39, 0.29) is 6.79 Å². The molecule has 1 aliphatic rings. The average Bonchev–Trinajstić information content (AvgIpc) is 2.87. The van der Waals surface area contributed by atoms with Crippen LogP contribution in [-0.2, 0) is 0 Å². The molecule has 0 aliphatic carbocycles. The zero-order valence-electron chi connectivity index (χ0n) is 9.33. The molecule has 0 fully saturated rings. The van der Waals surface area contributed by atoms with Crippen LogP contribution < -0.4 is 14.2 Å². The molecule has 90 valence electrons. The molecule has 0 saturated carbocycles. The molecule has 2 aromatic rings. The molecule has 0 amide bonds. The van der Waals surface area contributed by atoms with Crippen LogP contribution in [0.1, 0.15) is 10.4 Å². The third-order valence-corrected chi connectivity index (χ3v) is 2.45. The SMILES string of the molecule is O=C(Oc1cccnc1)c1ccc2c(c1)OCO2. The van der Waals surface area contributed by atoms with Gasteiger partial charge in [0.2, 0.25) is 6.79 Å². The number of fused-ring (bicyclic) bond motifs is 1. The Labute approximate surface area is 103 Å². The minimum absolute atomic E-state index is 0.177. The number of nitrogens with zero attached hydrogens (tertiary/aromatic N) is 1. The summed E-state index contributed by atoms with van der Waals surface area (Å²) >= 11 is 0. The van der Waals surface area contributed by atoms with E-state index in [0.717, 1.165) is 0 Å². The van der Waals surface area contributed by atoms with Crippen LogP contribution in [-0.4, -0.2) is 17.7 Å². The van der Waals surface area contributed by atoms with Crippen molar-refractivity contribution in [3.63, 3.8) is 0 Å². The van der Waals surface area contributed by atoms with E-state index in [9.17, 15) is 4.79 Å². The Morgan fingerprint density at radius 2 is 2.11 bits per heavy atom. The number of hydrogen-bond donors (Lipinski definition) is 0. The minimum Gasteiger partial charge on any atom is -0.454 e. The topological polar surface area (TPSA) is 57.7 Å². The van der Waals surface area contributed by atoms with Crippen molar-refractivity contribution in [3.05, 3.63) is 48.3 Å². The van der Waals surface area contributed by atoms with Gasteiger partial charge in [-0.1, -0.05) is 0 Å². The van der Waals surface area contributed by atoms with Crippen LogP contribution in [0.25, 0.3) is 0 Å². The van der Waals surface area contributed by atoms with Gasteiger partial charge < -0.3 is 14.2 Å². The normalized spacial score (nSPS) is 12.2. The van der Waals surface area contributed by atoms with E-state index in [4.69, 9.17) is 14.2 Å². The fourth-order valence-electron chi connectivity index (χ4n) is 1.60. The van der Waals surface area contributed by atoms with Crippen molar-refractivity contribution in [3.8, 4) is 17.2 Å². The molecule has 1 aliphatic heterocycles. The van der Waals surface area contributed by atoms with Crippen LogP contribution in [0.4, 0.5) is 0 Å². The summed E-state index contributed by atoms with van der Waals surface area (Å²) < 4.78 is 15.5. The molecule has 1 aromatic carbocycles. The molecular weight excluding hydrogens is 234 g/mol. The van der Waals surface area contributed by atoms with Gasteiger partial charge in [-0.15, -0.1) is 0 Å². The highest BCUT2D eigenvalue weighted by Crippen LogP contribution is 2.32. The lowest BCUT2D eigenvalue weighted by Gasteiger charge is -2.04. The largest absolute Gasteiger partial charge is 0.454 e. The van der Waals surface area contributed by atoms with Gasteiger partial charge in [-0.05, 0) is 30.3 Å². The molecule has 0 spiro atoms. The number of rotatable bonds is 2. The number of benzene rings is 1. The van der Waals surface area contributed by atoms with Crippen molar-refractivity contribution >= 4 is 5.97 Å². The van der Waals surface area contributed by atoms with Gasteiger partial charge in [-0.25, -0.2) is 4.79 Å². The number of ether oxygens (including phenoxy) is 3. The monoisotopic (exact) mass is 243 g/mol. The summed E-state index contributed by atoms with van der Waals surface area (Å²) in [6.45, 7) is 0.177. The molecule has 5 heteroatoms. The van der Waals surface area contributed by atoms with Gasteiger partial charge >= 0.3 is 5.97 Å². The summed E-state index contributed by atoms with van der Waals surface area (Å²) in [4.78, 5) is 15.7. The lowest BCUT2D eigenvalue weighted by molar-refractivity contribution is 0.0733. The van der Waals surface area contributed by atoms with Crippen LogP contribution in [0.15, 0.2) is 42.7 Å². The molecule has 0 atom stereocenters. The highest BCUT2D eigenvalue weighted by Gasteiger charge is 2.17. The lowest BCUT2D eigenvalue weighted by atomic mass is 10.2. The Balaban J connectivity index is 1.81. The Morgan fingerprint density at radius 1 is 1.22 bits per heavy atom. The summed E-state index contributed by atoms with van der Waals surface area (Å²) in [5.41, 5.74) is 0.406. The maximum Gasteiger partial charge on any atom is 0.343 e. The van der Waals surface area contributed by atoms with Gasteiger partial charge in [0.05, 0.1) is 11.8 Å². The molecule has 18 heavy (non-hydrogen) atoms. The first-order chi connectivity index (χ1) is 8.83. The first-order valence-electron chi connectivity index (χ1n) is 5.35. The second-order valence-electron chi connectivity index (χ2n) is 3.65. The molecule has 0 radical (unpaired) electrons. The molecule has 1 aromatic heterocycles. The molecule has 0 saturated heterocycles. The summed E-state index contributed by atoms with van der Waals surface area (Å²) in [6, 6.07) is 8.27. The second kappa shape index (κ2) is 4.37. The molecule has 3 rings (SSSR count). The Bertz CT molecular complexity index is 583.